The molecule has 1 unspecified atom stereocenters. The molecule has 110 valence electrons. The molecule has 0 radical (unpaired) electrons. The number of amides is 1. The number of carboxylic acid groups (broad SMARTS) is 1. The normalized spacial score (nSPS) is 11.7. The van der Waals surface area contributed by atoms with Crippen LogP contribution in [-0.4, -0.2) is 23.6 Å². The minimum absolute atomic E-state index is 0.00719. The average molecular weight is 279 g/mol. The zero-order chi connectivity index (χ0) is 15.0. The van der Waals surface area contributed by atoms with Gasteiger partial charge in [-0.15, -0.1) is 0 Å². The van der Waals surface area contributed by atoms with Gasteiger partial charge in [0.1, 0.15) is 5.75 Å². The predicted octanol–water partition coefficient (Wildman–Crippen LogP) is 2.20. The topological polar surface area (TPSA) is 75.6 Å². The minimum Gasteiger partial charge on any atom is -0.494 e. The van der Waals surface area contributed by atoms with Gasteiger partial charge < -0.3 is 15.2 Å². The third kappa shape index (κ3) is 6.22. The van der Waals surface area contributed by atoms with Crippen LogP contribution in [0.15, 0.2) is 24.3 Å². The third-order valence-electron chi connectivity index (χ3n) is 2.76. The Morgan fingerprint density at radius 2 is 2.10 bits per heavy atom. The maximum Gasteiger partial charge on any atom is 0.303 e. The summed E-state index contributed by atoms with van der Waals surface area (Å²) in [6.45, 7) is 4.68. The SMILES string of the molecule is CCOc1cccc(CNC(=O)CC(C)CC(=O)O)c1. The van der Waals surface area contributed by atoms with Crippen LogP contribution in [0.2, 0.25) is 0 Å². The first-order valence-corrected chi connectivity index (χ1v) is 6.71. The number of benzene rings is 1. The van der Waals surface area contributed by atoms with Gasteiger partial charge in [0.05, 0.1) is 6.61 Å². The summed E-state index contributed by atoms with van der Waals surface area (Å²) < 4.78 is 5.38. The van der Waals surface area contributed by atoms with E-state index in [1.54, 1.807) is 6.92 Å². The van der Waals surface area contributed by atoms with Crippen molar-refractivity contribution in [3.8, 4) is 5.75 Å². The van der Waals surface area contributed by atoms with Crippen molar-refractivity contribution >= 4 is 11.9 Å². The van der Waals surface area contributed by atoms with Crippen molar-refractivity contribution in [1.82, 2.24) is 5.32 Å². The van der Waals surface area contributed by atoms with E-state index in [1.165, 1.54) is 0 Å². The number of hydrogen-bond donors (Lipinski definition) is 2. The van der Waals surface area contributed by atoms with Crippen LogP contribution in [0.1, 0.15) is 32.3 Å². The second-order valence-electron chi connectivity index (χ2n) is 4.76. The van der Waals surface area contributed by atoms with E-state index in [0.717, 1.165) is 11.3 Å². The van der Waals surface area contributed by atoms with Crippen molar-refractivity contribution < 1.29 is 19.4 Å². The van der Waals surface area contributed by atoms with Crippen LogP contribution < -0.4 is 10.1 Å². The Kier molecular flexibility index (Phi) is 6.56. The van der Waals surface area contributed by atoms with Gasteiger partial charge in [0.15, 0.2) is 0 Å². The Balaban J connectivity index is 2.40. The van der Waals surface area contributed by atoms with Gasteiger partial charge in [-0.25, -0.2) is 0 Å². The first-order chi connectivity index (χ1) is 9.51. The standard InChI is InChI=1S/C15H21NO4/c1-3-20-13-6-4-5-12(9-13)10-16-14(17)7-11(2)8-15(18)19/h4-6,9,11H,3,7-8,10H2,1-2H3,(H,16,17)(H,18,19). The molecule has 2 N–H and O–H groups in total. The average Bonchev–Trinajstić information content (AvgIpc) is 2.36. The fourth-order valence-electron chi connectivity index (χ4n) is 1.87. The molecule has 5 heteroatoms. The fraction of sp³-hybridized carbons (Fsp3) is 0.467. The second kappa shape index (κ2) is 8.19. The van der Waals surface area contributed by atoms with E-state index in [0.29, 0.717) is 13.2 Å². The Labute approximate surface area is 118 Å². The van der Waals surface area contributed by atoms with Gasteiger partial charge in [-0.05, 0) is 30.5 Å². The summed E-state index contributed by atoms with van der Waals surface area (Å²) in [6, 6.07) is 7.53. The van der Waals surface area contributed by atoms with Gasteiger partial charge in [0.2, 0.25) is 5.91 Å². The van der Waals surface area contributed by atoms with Crippen molar-refractivity contribution in [3.05, 3.63) is 29.8 Å². The highest BCUT2D eigenvalue weighted by Gasteiger charge is 2.12. The Bertz CT molecular complexity index is 459. The monoisotopic (exact) mass is 279 g/mol. The molecule has 5 nitrogen and oxygen atoms in total. The maximum atomic E-state index is 11.7. The molecular weight excluding hydrogens is 258 g/mol. The number of carboxylic acids is 1. The molecule has 0 bridgehead atoms. The van der Waals surface area contributed by atoms with Gasteiger partial charge in [0.25, 0.3) is 0 Å². The second-order valence-corrected chi connectivity index (χ2v) is 4.76. The van der Waals surface area contributed by atoms with E-state index in [2.05, 4.69) is 5.32 Å². The highest BCUT2D eigenvalue weighted by atomic mass is 16.5. The molecule has 1 aromatic rings. The van der Waals surface area contributed by atoms with Crippen molar-refractivity contribution in [2.75, 3.05) is 6.61 Å². The zero-order valence-electron chi connectivity index (χ0n) is 11.9. The Hall–Kier alpha value is -2.04. The van der Waals surface area contributed by atoms with E-state index in [-0.39, 0.29) is 24.7 Å². The van der Waals surface area contributed by atoms with E-state index in [9.17, 15) is 9.59 Å². The fourth-order valence-corrected chi connectivity index (χ4v) is 1.87. The van der Waals surface area contributed by atoms with Crippen LogP contribution in [0.3, 0.4) is 0 Å². The van der Waals surface area contributed by atoms with E-state index >= 15 is 0 Å². The number of nitrogens with one attached hydrogen (secondary N) is 1. The molecule has 0 heterocycles. The van der Waals surface area contributed by atoms with E-state index in [4.69, 9.17) is 9.84 Å². The van der Waals surface area contributed by atoms with Gasteiger partial charge in [-0.2, -0.15) is 0 Å². The lowest BCUT2D eigenvalue weighted by molar-refractivity contribution is -0.138. The molecule has 1 rings (SSSR count). The van der Waals surface area contributed by atoms with Crippen molar-refractivity contribution in [3.63, 3.8) is 0 Å². The lowest BCUT2D eigenvalue weighted by atomic mass is 10.0. The number of hydrogen-bond acceptors (Lipinski definition) is 3. The van der Waals surface area contributed by atoms with Gasteiger partial charge in [-0.1, -0.05) is 19.1 Å². The number of ether oxygens (including phenoxy) is 1. The Morgan fingerprint density at radius 1 is 1.35 bits per heavy atom. The van der Waals surface area contributed by atoms with Gasteiger partial charge in [-0.3, -0.25) is 9.59 Å². The summed E-state index contributed by atoms with van der Waals surface area (Å²) in [7, 11) is 0. The summed E-state index contributed by atoms with van der Waals surface area (Å²) in [6.07, 6.45) is 0.227. The zero-order valence-corrected chi connectivity index (χ0v) is 11.9. The molecule has 0 fully saturated rings. The smallest absolute Gasteiger partial charge is 0.303 e. The van der Waals surface area contributed by atoms with E-state index in [1.807, 2.05) is 31.2 Å². The van der Waals surface area contributed by atoms with Crippen LogP contribution in [0.25, 0.3) is 0 Å². The molecule has 0 spiro atoms. The molecule has 1 atom stereocenters. The van der Waals surface area contributed by atoms with Crippen LogP contribution in [-0.2, 0) is 16.1 Å². The number of carbonyl (C=O) groups excluding carboxylic acids is 1. The molecule has 0 aromatic heterocycles. The first kappa shape index (κ1) is 16.0. The molecule has 0 aliphatic heterocycles. The molecule has 0 saturated carbocycles. The highest BCUT2D eigenvalue weighted by Crippen LogP contribution is 2.13. The molecule has 1 aromatic carbocycles. The maximum absolute atomic E-state index is 11.7. The van der Waals surface area contributed by atoms with Crippen LogP contribution in [0.4, 0.5) is 0 Å². The van der Waals surface area contributed by atoms with Gasteiger partial charge >= 0.3 is 5.97 Å². The summed E-state index contributed by atoms with van der Waals surface area (Å²) in [4.78, 5) is 22.2. The number of aliphatic carboxylic acids is 1. The van der Waals surface area contributed by atoms with Crippen LogP contribution in [0.5, 0.6) is 5.75 Å². The van der Waals surface area contributed by atoms with Crippen molar-refractivity contribution in [2.24, 2.45) is 5.92 Å². The largest absolute Gasteiger partial charge is 0.494 e. The summed E-state index contributed by atoms with van der Waals surface area (Å²) >= 11 is 0. The van der Waals surface area contributed by atoms with E-state index < -0.39 is 5.97 Å². The highest BCUT2D eigenvalue weighted by molar-refractivity contribution is 5.77. The van der Waals surface area contributed by atoms with Crippen molar-refractivity contribution in [2.45, 2.75) is 33.2 Å². The molecule has 0 aliphatic carbocycles. The first-order valence-electron chi connectivity index (χ1n) is 6.71. The summed E-state index contributed by atoms with van der Waals surface area (Å²) in [5.41, 5.74) is 0.954. The summed E-state index contributed by atoms with van der Waals surface area (Å²) in [5, 5.41) is 11.4. The summed E-state index contributed by atoms with van der Waals surface area (Å²) in [5.74, 6) is -0.406. The van der Waals surface area contributed by atoms with Crippen LogP contribution in [0, 0.1) is 5.92 Å². The lowest BCUT2D eigenvalue weighted by Crippen LogP contribution is -2.25. The predicted molar refractivity (Wildman–Crippen MR) is 75.5 cm³/mol. The number of rotatable bonds is 8. The van der Waals surface area contributed by atoms with Crippen molar-refractivity contribution in [1.29, 1.82) is 0 Å². The van der Waals surface area contributed by atoms with Crippen LogP contribution >= 0.6 is 0 Å². The molecular formula is C15H21NO4. The molecule has 20 heavy (non-hydrogen) atoms. The molecule has 0 aliphatic rings. The minimum atomic E-state index is -0.880. The quantitative estimate of drug-likeness (QED) is 0.765. The lowest BCUT2D eigenvalue weighted by Gasteiger charge is -2.10. The Morgan fingerprint density at radius 3 is 2.75 bits per heavy atom. The third-order valence-corrected chi connectivity index (χ3v) is 2.76. The van der Waals surface area contributed by atoms with Gasteiger partial charge in [0, 0.05) is 19.4 Å². The molecule has 0 saturated heterocycles. The molecule has 1 amide bonds. The number of carbonyl (C=O) groups is 2.